The Bertz CT molecular complexity index is 517. The lowest BCUT2D eigenvalue weighted by Crippen LogP contribution is -2.47. The molecule has 2 N–H and O–H groups in total. The number of guanidine groups is 1. The molecule has 0 aromatic heterocycles. The zero-order valence-electron chi connectivity index (χ0n) is 19.7. The van der Waals surface area contributed by atoms with E-state index in [1.165, 1.54) is 0 Å². The highest BCUT2D eigenvalue weighted by Gasteiger charge is 2.22. The maximum absolute atomic E-state index is 12.4. The summed E-state index contributed by atoms with van der Waals surface area (Å²) in [5.41, 5.74) is -0.547. The van der Waals surface area contributed by atoms with Crippen LogP contribution in [0.2, 0.25) is 0 Å². The SMILES string of the molecule is CCNC(=NCC(NC(=O)OC(C)(C)C)C(C)C)N(C)CC(=O)N(CC)CC.I. The topological polar surface area (TPSA) is 86.3 Å². The third-order valence-corrected chi connectivity index (χ3v) is 4.13. The van der Waals surface area contributed by atoms with Crippen molar-refractivity contribution in [3.8, 4) is 0 Å². The van der Waals surface area contributed by atoms with Gasteiger partial charge in [0.25, 0.3) is 0 Å². The summed E-state index contributed by atoms with van der Waals surface area (Å²) in [6.45, 7) is 18.2. The van der Waals surface area contributed by atoms with Gasteiger partial charge in [-0.1, -0.05) is 13.8 Å². The molecule has 0 aliphatic rings. The van der Waals surface area contributed by atoms with E-state index in [1.807, 2.05) is 67.3 Å². The molecule has 29 heavy (non-hydrogen) atoms. The summed E-state index contributed by atoms with van der Waals surface area (Å²) in [6, 6.07) is -0.171. The van der Waals surface area contributed by atoms with Gasteiger partial charge in [0.05, 0.1) is 19.1 Å². The van der Waals surface area contributed by atoms with Crippen LogP contribution in [0.1, 0.15) is 55.4 Å². The molecule has 0 rings (SSSR count). The molecule has 0 aromatic rings. The van der Waals surface area contributed by atoms with E-state index in [1.54, 1.807) is 4.90 Å². The molecule has 0 aromatic carbocycles. The van der Waals surface area contributed by atoms with Crippen molar-refractivity contribution in [3.05, 3.63) is 0 Å². The summed E-state index contributed by atoms with van der Waals surface area (Å²) in [6.07, 6.45) is -0.448. The van der Waals surface area contributed by atoms with Gasteiger partial charge in [-0.3, -0.25) is 9.79 Å². The van der Waals surface area contributed by atoms with E-state index in [0.29, 0.717) is 32.1 Å². The highest BCUT2D eigenvalue weighted by molar-refractivity contribution is 14.0. The number of likely N-dealkylation sites (N-methyl/N-ethyl adjacent to an activating group) is 2. The Balaban J connectivity index is 0. The Labute approximate surface area is 194 Å². The predicted molar refractivity (Wildman–Crippen MR) is 130 cm³/mol. The minimum atomic E-state index is -0.547. The van der Waals surface area contributed by atoms with E-state index in [0.717, 1.165) is 0 Å². The van der Waals surface area contributed by atoms with Crippen molar-refractivity contribution in [1.29, 1.82) is 0 Å². The molecule has 1 atom stereocenters. The van der Waals surface area contributed by atoms with Crippen LogP contribution in [0.15, 0.2) is 4.99 Å². The molecule has 0 aliphatic heterocycles. The Morgan fingerprint density at radius 3 is 2.07 bits per heavy atom. The number of aliphatic imine (C=N–C) groups is 1. The Morgan fingerprint density at radius 1 is 1.10 bits per heavy atom. The van der Waals surface area contributed by atoms with Crippen molar-refractivity contribution >= 4 is 41.9 Å². The second-order valence-electron chi connectivity index (χ2n) is 8.11. The number of hydrogen-bond donors (Lipinski definition) is 2. The molecule has 2 amide bonds. The Kier molecular flexibility index (Phi) is 15.2. The molecule has 0 fully saturated rings. The molecule has 172 valence electrons. The van der Waals surface area contributed by atoms with E-state index in [9.17, 15) is 9.59 Å². The van der Waals surface area contributed by atoms with Crippen molar-refractivity contribution in [1.82, 2.24) is 20.4 Å². The average molecular weight is 527 g/mol. The van der Waals surface area contributed by atoms with Gasteiger partial charge in [-0.25, -0.2) is 4.79 Å². The molecule has 0 aliphatic carbocycles. The molecule has 0 radical (unpaired) electrons. The third-order valence-electron chi connectivity index (χ3n) is 4.13. The quantitative estimate of drug-likeness (QED) is 0.274. The normalized spacial score (nSPS) is 12.7. The van der Waals surface area contributed by atoms with Crippen LogP contribution >= 0.6 is 24.0 Å². The summed E-state index contributed by atoms with van der Waals surface area (Å²) in [7, 11) is 1.84. The molecule has 1 unspecified atom stereocenters. The van der Waals surface area contributed by atoms with Gasteiger partial charge in [-0.2, -0.15) is 0 Å². The highest BCUT2D eigenvalue weighted by atomic mass is 127. The third kappa shape index (κ3) is 12.8. The van der Waals surface area contributed by atoms with Gasteiger partial charge >= 0.3 is 6.09 Å². The van der Waals surface area contributed by atoms with Crippen LogP contribution in [0.25, 0.3) is 0 Å². The maximum atomic E-state index is 12.4. The number of ether oxygens (including phenoxy) is 1. The number of rotatable bonds is 9. The van der Waals surface area contributed by atoms with E-state index in [-0.39, 0.29) is 48.4 Å². The number of nitrogens with zero attached hydrogens (tertiary/aromatic N) is 3. The fraction of sp³-hybridized carbons (Fsp3) is 0.850. The van der Waals surface area contributed by atoms with Crippen LogP contribution in [0.4, 0.5) is 4.79 Å². The molecule has 0 bridgehead atoms. The first kappa shape index (κ1) is 29.9. The van der Waals surface area contributed by atoms with E-state index in [4.69, 9.17) is 4.74 Å². The maximum Gasteiger partial charge on any atom is 0.407 e. The number of alkyl carbamates (subject to hydrolysis) is 1. The van der Waals surface area contributed by atoms with E-state index >= 15 is 0 Å². The summed E-state index contributed by atoms with van der Waals surface area (Å²) in [4.78, 5) is 32.7. The van der Waals surface area contributed by atoms with Gasteiger partial charge in [0.15, 0.2) is 5.96 Å². The number of nitrogens with one attached hydrogen (secondary N) is 2. The largest absolute Gasteiger partial charge is 0.444 e. The van der Waals surface area contributed by atoms with Crippen molar-refractivity contribution in [2.75, 3.05) is 39.8 Å². The second kappa shape index (κ2) is 14.7. The number of carbonyl (C=O) groups excluding carboxylic acids is 2. The summed E-state index contributed by atoms with van der Waals surface area (Å²) in [5.74, 6) is 0.881. The summed E-state index contributed by atoms with van der Waals surface area (Å²) in [5, 5.41) is 6.11. The first-order valence-corrected chi connectivity index (χ1v) is 10.2. The van der Waals surface area contributed by atoms with E-state index < -0.39 is 11.7 Å². The molecular formula is C20H42IN5O3. The van der Waals surface area contributed by atoms with Gasteiger partial charge in [0.2, 0.25) is 5.91 Å². The van der Waals surface area contributed by atoms with Crippen molar-refractivity contribution in [3.63, 3.8) is 0 Å². The lowest BCUT2D eigenvalue weighted by Gasteiger charge is -2.27. The van der Waals surface area contributed by atoms with Crippen LogP contribution in [-0.2, 0) is 9.53 Å². The number of carbonyl (C=O) groups is 2. The number of amides is 2. The van der Waals surface area contributed by atoms with Crippen molar-refractivity contribution in [2.45, 2.75) is 67.0 Å². The fourth-order valence-corrected chi connectivity index (χ4v) is 2.49. The number of halogens is 1. The first-order chi connectivity index (χ1) is 12.9. The molecule has 0 saturated heterocycles. The molecule has 0 heterocycles. The Morgan fingerprint density at radius 2 is 1.66 bits per heavy atom. The summed E-state index contributed by atoms with van der Waals surface area (Å²) < 4.78 is 5.35. The lowest BCUT2D eigenvalue weighted by atomic mass is 10.1. The van der Waals surface area contributed by atoms with Crippen molar-refractivity contribution in [2.24, 2.45) is 10.9 Å². The molecule has 0 saturated carbocycles. The van der Waals surface area contributed by atoms with Crippen LogP contribution < -0.4 is 10.6 Å². The van der Waals surface area contributed by atoms with E-state index in [2.05, 4.69) is 15.6 Å². The summed E-state index contributed by atoms with van der Waals surface area (Å²) >= 11 is 0. The van der Waals surface area contributed by atoms with Gasteiger partial charge in [0.1, 0.15) is 5.60 Å². The standard InChI is InChI=1S/C20H41N5O3.HI/c1-10-21-18(24(9)14-17(26)25(11-2)12-3)22-13-16(15(4)5)23-19(27)28-20(6,7)8;/h15-16H,10-14H2,1-9H3,(H,21,22)(H,23,27);1H. The van der Waals surface area contributed by atoms with Crippen LogP contribution in [-0.4, -0.2) is 79.2 Å². The predicted octanol–water partition coefficient (Wildman–Crippen LogP) is 2.92. The average Bonchev–Trinajstić information content (AvgIpc) is 2.56. The zero-order valence-corrected chi connectivity index (χ0v) is 22.0. The van der Waals surface area contributed by atoms with Gasteiger partial charge in [0, 0.05) is 26.7 Å². The smallest absolute Gasteiger partial charge is 0.407 e. The first-order valence-electron chi connectivity index (χ1n) is 10.2. The molecular weight excluding hydrogens is 485 g/mol. The van der Waals surface area contributed by atoms with Crippen LogP contribution in [0.5, 0.6) is 0 Å². The zero-order chi connectivity index (χ0) is 21.9. The minimum absolute atomic E-state index is 0. The highest BCUT2D eigenvalue weighted by Crippen LogP contribution is 2.09. The molecule has 8 nitrogen and oxygen atoms in total. The monoisotopic (exact) mass is 527 g/mol. The van der Waals surface area contributed by atoms with Crippen LogP contribution in [0, 0.1) is 5.92 Å². The Hall–Kier alpha value is -1.26. The lowest BCUT2D eigenvalue weighted by molar-refractivity contribution is -0.131. The van der Waals surface area contributed by atoms with Gasteiger partial charge in [-0.05, 0) is 47.5 Å². The van der Waals surface area contributed by atoms with Gasteiger partial charge < -0.3 is 25.2 Å². The molecule has 0 spiro atoms. The van der Waals surface area contributed by atoms with Crippen molar-refractivity contribution < 1.29 is 14.3 Å². The number of hydrogen-bond acceptors (Lipinski definition) is 4. The minimum Gasteiger partial charge on any atom is -0.444 e. The van der Waals surface area contributed by atoms with Crippen LogP contribution in [0.3, 0.4) is 0 Å². The second-order valence-corrected chi connectivity index (χ2v) is 8.11. The van der Waals surface area contributed by atoms with Gasteiger partial charge in [-0.15, -0.1) is 24.0 Å². The fourth-order valence-electron chi connectivity index (χ4n) is 2.49. The molecule has 9 heteroatoms.